The lowest BCUT2D eigenvalue weighted by Crippen LogP contribution is -2.21. The van der Waals surface area contributed by atoms with Gasteiger partial charge < -0.3 is 14.2 Å². The summed E-state index contributed by atoms with van der Waals surface area (Å²) in [6, 6.07) is 7.48. The molecule has 0 bridgehead atoms. The first-order chi connectivity index (χ1) is 13.5. The fraction of sp³-hybridized carbons (Fsp3) is 0.368. The number of ether oxygens (including phenoxy) is 3. The third-order valence-corrected chi connectivity index (χ3v) is 4.39. The van der Waals surface area contributed by atoms with Gasteiger partial charge in [0, 0.05) is 11.8 Å². The van der Waals surface area contributed by atoms with Crippen molar-refractivity contribution in [2.75, 3.05) is 25.6 Å². The lowest BCUT2D eigenvalue weighted by atomic mass is 10.1. The molecular weight excluding hydrogens is 384 g/mol. The number of carbonyl (C=O) groups is 3. The fourth-order valence-electron chi connectivity index (χ4n) is 2.28. The maximum absolute atomic E-state index is 11.9. The number of nitrogens with one attached hydrogen (secondary N) is 1. The van der Waals surface area contributed by atoms with Crippen molar-refractivity contribution in [1.29, 1.82) is 0 Å². The van der Waals surface area contributed by atoms with Crippen molar-refractivity contribution >= 4 is 34.3 Å². The maximum Gasteiger partial charge on any atom is 0.311 e. The van der Waals surface area contributed by atoms with Gasteiger partial charge in [0.2, 0.25) is 0 Å². The largest absolute Gasteiger partial charge is 0.494 e. The lowest BCUT2D eigenvalue weighted by molar-refractivity contribution is -0.147. The van der Waals surface area contributed by atoms with E-state index in [4.69, 9.17) is 9.47 Å². The van der Waals surface area contributed by atoms with E-state index in [9.17, 15) is 14.4 Å². The molecule has 1 heterocycles. The second kappa shape index (κ2) is 11.0. The van der Waals surface area contributed by atoms with E-state index in [-0.39, 0.29) is 12.8 Å². The topological polar surface area (TPSA) is 104 Å². The van der Waals surface area contributed by atoms with Crippen molar-refractivity contribution in [2.24, 2.45) is 0 Å². The number of hydrogen-bond donors (Lipinski definition) is 1. The van der Waals surface area contributed by atoms with Gasteiger partial charge >= 0.3 is 11.9 Å². The maximum atomic E-state index is 11.9. The zero-order valence-electron chi connectivity index (χ0n) is 15.7. The Kier molecular flexibility index (Phi) is 8.41. The number of carbonyl (C=O) groups excluding carboxylic acids is 3. The molecule has 1 amide bonds. The number of thiazole rings is 1. The van der Waals surface area contributed by atoms with Crippen molar-refractivity contribution in [3.05, 3.63) is 40.9 Å². The molecule has 0 saturated carbocycles. The Morgan fingerprint density at radius 3 is 2.71 bits per heavy atom. The first-order valence-corrected chi connectivity index (χ1v) is 9.57. The molecule has 0 fully saturated rings. The molecule has 1 aromatic heterocycles. The summed E-state index contributed by atoms with van der Waals surface area (Å²) in [5.74, 6) is -0.654. The monoisotopic (exact) mass is 406 g/mol. The second-order valence-electron chi connectivity index (χ2n) is 5.65. The van der Waals surface area contributed by atoms with Crippen LogP contribution < -0.4 is 10.1 Å². The Hall–Kier alpha value is -2.94. The molecule has 1 N–H and O–H groups in total. The molecule has 0 aliphatic rings. The number of nitrogens with zero attached hydrogens (tertiary/aromatic N) is 1. The standard InChI is InChI=1S/C19H22N2O6S/c1-3-26-15-7-5-4-6-13(15)8-9-17(23)27-11-16(22)21-19-20-14(12-28-19)10-18(24)25-2/h4-7,12H,3,8-11H2,1-2H3,(H,20,21,22). The van der Waals surface area contributed by atoms with Crippen LogP contribution in [0.2, 0.25) is 0 Å². The fourth-order valence-corrected chi connectivity index (χ4v) is 3.01. The summed E-state index contributed by atoms with van der Waals surface area (Å²) >= 11 is 1.17. The van der Waals surface area contributed by atoms with Gasteiger partial charge in [0.25, 0.3) is 5.91 Å². The average Bonchev–Trinajstić information content (AvgIpc) is 3.12. The van der Waals surface area contributed by atoms with Crippen LogP contribution in [0.15, 0.2) is 29.6 Å². The summed E-state index contributed by atoms with van der Waals surface area (Å²) in [4.78, 5) is 39.1. The summed E-state index contributed by atoms with van der Waals surface area (Å²) < 4.78 is 15.1. The molecule has 9 heteroatoms. The summed E-state index contributed by atoms with van der Waals surface area (Å²) in [6.45, 7) is 2.03. The molecule has 0 unspecified atom stereocenters. The van der Waals surface area contributed by atoms with Gasteiger partial charge in [-0.25, -0.2) is 4.98 Å². The number of rotatable bonds is 10. The van der Waals surface area contributed by atoms with Crippen molar-refractivity contribution < 1.29 is 28.6 Å². The van der Waals surface area contributed by atoms with E-state index in [1.165, 1.54) is 18.4 Å². The summed E-state index contributed by atoms with van der Waals surface area (Å²) in [7, 11) is 1.29. The Morgan fingerprint density at radius 2 is 1.96 bits per heavy atom. The zero-order chi connectivity index (χ0) is 20.4. The van der Waals surface area contributed by atoms with Crippen LogP contribution in [0.4, 0.5) is 5.13 Å². The molecule has 8 nitrogen and oxygen atoms in total. The Labute approximate surface area is 166 Å². The molecule has 2 aromatic rings. The molecule has 0 atom stereocenters. The molecule has 1 aromatic carbocycles. The molecule has 0 saturated heterocycles. The van der Waals surface area contributed by atoms with Crippen LogP contribution in [0, 0.1) is 0 Å². The third kappa shape index (κ3) is 6.99. The summed E-state index contributed by atoms with van der Waals surface area (Å²) in [6.07, 6.45) is 0.624. The number of hydrogen-bond acceptors (Lipinski definition) is 8. The molecule has 0 radical (unpaired) electrons. The van der Waals surface area contributed by atoms with Crippen molar-refractivity contribution in [3.63, 3.8) is 0 Å². The van der Waals surface area contributed by atoms with Gasteiger partial charge in [-0.1, -0.05) is 18.2 Å². The highest BCUT2D eigenvalue weighted by Gasteiger charge is 2.13. The molecule has 150 valence electrons. The summed E-state index contributed by atoms with van der Waals surface area (Å²) in [5.41, 5.74) is 1.41. The van der Waals surface area contributed by atoms with Crippen LogP contribution in [0.5, 0.6) is 5.75 Å². The van der Waals surface area contributed by atoms with E-state index in [1.807, 2.05) is 31.2 Å². The van der Waals surface area contributed by atoms with E-state index in [0.29, 0.717) is 23.9 Å². The van der Waals surface area contributed by atoms with Crippen LogP contribution in [-0.4, -0.2) is 43.2 Å². The first-order valence-electron chi connectivity index (χ1n) is 8.69. The van der Waals surface area contributed by atoms with Gasteiger partial charge in [0.05, 0.1) is 25.8 Å². The number of anilines is 1. The van der Waals surface area contributed by atoms with E-state index >= 15 is 0 Å². The van der Waals surface area contributed by atoms with E-state index < -0.39 is 24.5 Å². The third-order valence-electron chi connectivity index (χ3n) is 3.59. The highest BCUT2D eigenvalue weighted by molar-refractivity contribution is 7.13. The number of esters is 2. The molecule has 0 aliphatic heterocycles. The number of para-hydroxylation sites is 1. The van der Waals surface area contributed by atoms with Gasteiger partial charge in [-0.15, -0.1) is 11.3 Å². The molecule has 28 heavy (non-hydrogen) atoms. The number of aromatic nitrogens is 1. The smallest absolute Gasteiger partial charge is 0.311 e. The zero-order valence-corrected chi connectivity index (χ0v) is 16.5. The quantitative estimate of drug-likeness (QED) is 0.604. The number of aryl methyl sites for hydroxylation is 1. The van der Waals surface area contributed by atoms with E-state index in [0.717, 1.165) is 11.3 Å². The van der Waals surface area contributed by atoms with Crippen LogP contribution >= 0.6 is 11.3 Å². The van der Waals surface area contributed by atoms with Gasteiger partial charge in [0.1, 0.15) is 5.75 Å². The number of methoxy groups -OCH3 is 1. The number of amides is 1. The summed E-state index contributed by atoms with van der Waals surface area (Å²) in [5, 5.41) is 4.50. The molecular formula is C19H22N2O6S. The predicted octanol–water partition coefficient (Wildman–Crippen LogP) is 2.37. The Morgan fingerprint density at radius 1 is 1.18 bits per heavy atom. The van der Waals surface area contributed by atoms with Crippen LogP contribution in [0.1, 0.15) is 24.6 Å². The van der Waals surface area contributed by atoms with Crippen LogP contribution in [0.3, 0.4) is 0 Å². The number of benzene rings is 1. The predicted molar refractivity (Wildman–Crippen MR) is 103 cm³/mol. The van der Waals surface area contributed by atoms with Gasteiger partial charge in [-0.3, -0.25) is 19.7 Å². The Bertz CT molecular complexity index is 820. The van der Waals surface area contributed by atoms with Crippen LogP contribution in [0.25, 0.3) is 0 Å². The van der Waals surface area contributed by atoms with Gasteiger partial charge in [-0.05, 0) is 25.0 Å². The van der Waals surface area contributed by atoms with Crippen LogP contribution in [-0.2, 0) is 36.7 Å². The minimum absolute atomic E-state index is 0.0288. The molecule has 0 spiro atoms. The average molecular weight is 406 g/mol. The molecule has 2 rings (SSSR count). The van der Waals surface area contributed by atoms with E-state index in [1.54, 1.807) is 5.38 Å². The first kappa shape index (κ1) is 21.4. The highest BCUT2D eigenvalue weighted by atomic mass is 32.1. The van der Waals surface area contributed by atoms with Gasteiger partial charge in [-0.2, -0.15) is 0 Å². The van der Waals surface area contributed by atoms with Crippen molar-refractivity contribution in [3.8, 4) is 5.75 Å². The highest BCUT2D eigenvalue weighted by Crippen LogP contribution is 2.20. The van der Waals surface area contributed by atoms with E-state index in [2.05, 4.69) is 15.0 Å². The lowest BCUT2D eigenvalue weighted by Gasteiger charge is -2.09. The van der Waals surface area contributed by atoms with Crippen molar-refractivity contribution in [1.82, 2.24) is 4.98 Å². The Balaban J connectivity index is 1.74. The SMILES string of the molecule is CCOc1ccccc1CCC(=O)OCC(=O)Nc1nc(CC(=O)OC)cs1. The van der Waals surface area contributed by atoms with Gasteiger partial charge in [0.15, 0.2) is 11.7 Å². The normalized spacial score (nSPS) is 10.2. The van der Waals surface area contributed by atoms with Crippen molar-refractivity contribution in [2.45, 2.75) is 26.2 Å². The minimum atomic E-state index is -0.498. The minimum Gasteiger partial charge on any atom is -0.494 e. The second-order valence-corrected chi connectivity index (χ2v) is 6.50. The molecule has 0 aliphatic carbocycles.